The Morgan fingerprint density at radius 2 is 2.00 bits per heavy atom. The highest BCUT2D eigenvalue weighted by molar-refractivity contribution is 5.92. The molecule has 2 N–H and O–H groups in total. The van der Waals surface area contributed by atoms with Crippen LogP contribution < -0.4 is 0 Å². The summed E-state index contributed by atoms with van der Waals surface area (Å²) in [7, 11) is 1.90. The molecule has 0 radical (unpaired) electrons. The molecule has 2 aromatic heterocycles. The van der Waals surface area contributed by atoms with Crippen molar-refractivity contribution < 1.29 is 9.90 Å². The minimum atomic E-state index is -0.575. The molecule has 1 aliphatic rings. The van der Waals surface area contributed by atoms with Crippen LogP contribution in [0.2, 0.25) is 0 Å². The smallest absolute Gasteiger partial charge is 0.227 e. The van der Waals surface area contributed by atoms with Gasteiger partial charge in [-0.2, -0.15) is 0 Å². The number of rotatable bonds is 4. The predicted octanol–water partition coefficient (Wildman–Crippen LogP) is 3.34. The van der Waals surface area contributed by atoms with Crippen molar-refractivity contribution in [1.82, 2.24) is 19.4 Å². The van der Waals surface area contributed by atoms with Crippen LogP contribution in [-0.2, 0) is 18.3 Å². The van der Waals surface area contributed by atoms with Crippen LogP contribution in [0.5, 0.6) is 0 Å². The highest BCUT2D eigenvalue weighted by Gasteiger charge is 2.30. The van der Waals surface area contributed by atoms with Gasteiger partial charge in [0.05, 0.1) is 6.42 Å². The molecule has 0 spiro atoms. The van der Waals surface area contributed by atoms with E-state index in [0.717, 1.165) is 35.0 Å². The summed E-state index contributed by atoms with van der Waals surface area (Å²) in [5.41, 5.74) is 5.74. The van der Waals surface area contributed by atoms with Gasteiger partial charge in [-0.05, 0) is 56.7 Å². The Kier molecular flexibility index (Phi) is 5.21. The molecule has 1 fully saturated rings. The van der Waals surface area contributed by atoms with Crippen molar-refractivity contribution in [2.45, 2.75) is 46.1 Å². The van der Waals surface area contributed by atoms with Gasteiger partial charge in [-0.3, -0.25) is 4.79 Å². The molecule has 6 heteroatoms. The quantitative estimate of drug-likeness (QED) is 0.713. The van der Waals surface area contributed by atoms with Gasteiger partial charge in [0.1, 0.15) is 11.9 Å². The number of carbonyl (C=O) groups is 1. The molecule has 154 valence electrons. The number of piperidine rings is 1. The van der Waals surface area contributed by atoms with E-state index in [1.807, 2.05) is 29.6 Å². The summed E-state index contributed by atoms with van der Waals surface area (Å²) >= 11 is 0. The molecule has 0 aliphatic carbocycles. The number of aliphatic hydroxyl groups is 1. The fraction of sp³-hybridized carbons (Fsp3) is 0.478. The van der Waals surface area contributed by atoms with Crippen molar-refractivity contribution in [2.75, 3.05) is 13.1 Å². The fourth-order valence-corrected chi connectivity index (χ4v) is 4.66. The lowest BCUT2D eigenvalue weighted by Crippen LogP contribution is -2.40. The van der Waals surface area contributed by atoms with Gasteiger partial charge in [-0.25, -0.2) is 4.98 Å². The summed E-state index contributed by atoms with van der Waals surface area (Å²) in [5, 5.41) is 11.8. The van der Waals surface area contributed by atoms with E-state index in [9.17, 15) is 9.90 Å². The van der Waals surface area contributed by atoms with Crippen LogP contribution in [0.25, 0.3) is 10.9 Å². The maximum atomic E-state index is 13.0. The van der Waals surface area contributed by atoms with E-state index in [1.54, 1.807) is 6.20 Å². The molecule has 1 saturated heterocycles. The number of likely N-dealkylation sites (tertiary alicyclic amines) is 1. The first-order chi connectivity index (χ1) is 13.8. The third kappa shape index (κ3) is 3.69. The molecule has 1 aromatic carbocycles. The number of hydrogen-bond acceptors (Lipinski definition) is 3. The lowest BCUT2D eigenvalue weighted by atomic mass is 9.90. The van der Waals surface area contributed by atoms with Gasteiger partial charge in [0.25, 0.3) is 0 Å². The minimum absolute atomic E-state index is 0.139. The average Bonchev–Trinajstić information content (AvgIpc) is 3.25. The molecular weight excluding hydrogens is 364 g/mol. The minimum Gasteiger partial charge on any atom is -0.385 e. The maximum absolute atomic E-state index is 13.0. The van der Waals surface area contributed by atoms with Crippen molar-refractivity contribution in [3.05, 3.63) is 52.7 Å². The van der Waals surface area contributed by atoms with E-state index in [-0.39, 0.29) is 11.8 Å². The van der Waals surface area contributed by atoms with Crippen molar-refractivity contribution in [3.63, 3.8) is 0 Å². The Hall–Kier alpha value is -2.60. The van der Waals surface area contributed by atoms with Crippen LogP contribution in [0.4, 0.5) is 0 Å². The third-order valence-corrected chi connectivity index (χ3v) is 6.36. The number of nitrogens with zero attached hydrogens (tertiary/aromatic N) is 3. The Morgan fingerprint density at radius 3 is 2.66 bits per heavy atom. The Balaban J connectivity index is 1.44. The van der Waals surface area contributed by atoms with E-state index in [1.165, 1.54) is 11.1 Å². The van der Waals surface area contributed by atoms with Crippen LogP contribution >= 0.6 is 0 Å². The van der Waals surface area contributed by atoms with E-state index in [0.29, 0.717) is 25.3 Å². The summed E-state index contributed by atoms with van der Waals surface area (Å²) in [5.74, 6) is 1.01. The van der Waals surface area contributed by atoms with Gasteiger partial charge in [0.15, 0.2) is 0 Å². The van der Waals surface area contributed by atoms with Crippen LogP contribution in [0.15, 0.2) is 24.5 Å². The van der Waals surface area contributed by atoms with Gasteiger partial charge in [0.2, 0.25) is 5.91 Å². The molecular formula is C23H30N4O2. The Morgan fingerprint density at radius 1 is 1.28 bits per heavy atom. The van der Waals surface area contributed by atoms with Crippen LogP contribution in [-0.4, -0.2) is 43.5 Å². The fourth-order valence-electron chi connectivity index (χ4n) is 4.66. The number of aliphatic hydroxyl groups excluding tert-OH is 1. The molecule has 3 aromatic rings. The average molecular weight is 395 g/mol. The van der Waals surface area contributed by atoms with Gasteiger partial charge >= 0.3 is 0 Å². The van der Waals surface area contributed by atoms with Gasteiger partial charge in [-0.15, -0.1) is 0 Å². The number of amides is 1. The summed E-state index contributed by atoms with van der Waals surface area (Å²) < 4.78 is 1.87. The number of carbonyl (C=O) groups excluding carboxylic acids is 1. The first kappa shape index (κ1) is 19.7. The zero-order valence-corrected chi connectivity index (χ0v) is 17.7. The zero-order valence-electron chi connectivity index (χ0n) is 17.7. The topological polar surface area (TPSA) is 74.2 Å². The van der Waals surface area contributed by atoms with Gasteiger partial charge in [0, 0.05) is 49.1 Å². The Labute approximate surface area is 171 Å². The number of aromatic nitrogens is 3. The van der Waals surface area contributed by atoms with E-state index >= 15 is 0 Å². The maximum Gasteiger partial charge on any atom is 0.227 e. The summed E-state index contributed by atoms with van der Waals surface area (Å²) in [6, 6.07) is 4.34. The van der Waals surface area contributed by atoms with E-state index < -0.39 is 6.10 Å². The number of hydrogen-bond donors (Lipinski definition) is 2. The lowest BCUT2D eigenvalue weighted by Gasteiger charge is -2.34. The number of H-pyrrole nitrogens is 1. The molecule has 29 heavy (non-hydrogen) atoms. The molecule has 1 atom stereocenters. The molecule has 1 aliphatic heterocycles. The highest BCUT2D eigenvalue weighted by Crippen LogP contribution is 2.31. The van der Waals surface area contributed by atoms with Crippen molar-refractivity contribution in [3.8, 4) is 0 Å². The molecule has 3 heterocycles. The monoisotopic (exact) mass is 394 g/mol. The Bertz CT molecular complexity index is 1040. The second-order valence-corrected chi connectivity index (χ2v) is 8.47. The molecule has 0 saturated carbocycles. The second-order valence-electron chi connectivity index (χ2n) is 8.47. The van der Waals surface area contributed by atoms with Crippen LogP contribution in [0.1, 0.15) is 47.2 Å². The normalized spacial score (nSPS) is 16.5. The van der Waals surface area contributed by atoms with Gasteiger partial charge in [-0.1, -0.05) is 11.6 Å². The molecule has 1 amide bonds. The first-order valence-corrected chi connectivity index (χ1v) is 10.4. The second kappa shape index (κ2) is 7.67. The van der Waals surface area contributed by atoms with Gasteiger partial charge < -0.3 is 19.6 Å². The predicted molar refractivity (Wildman–Crippen MR) is 114 cm³/mol. The van der Waals surface area contributed by atoms with Crippen molar-refractivity contribution in [2.24, 2.45) is 13.0 Å². The third-order valence-electron chi connectivity index (χ3n) is 6.36. The summed E-state index contributed by atoms with van der Waals surface area (Å²) in [4.78, 5) is 22.7. The number of fused-ring (bicyclic) bond motifs is 1. The van der Waals surface area contributed by atoms with E-state index in [2.05, 4.69) is 35.9 Å². The number of aromatic amines is 1. The number of nitrogens with one attached hydrogen (secondary N) is 1. The molecule has 6 nitrogen and oxygen atoms in total. The number of aryl methyl sites for hydroxylation is 4. The highest BCUT2D eigenvalue weighted by atomic mass is 16.3. The number of benzene rings is 1. The molecule has 4 rings (SSSR count). The largest absolute Gasteiger partial charge is 0.385 e. The number of imidazole rings is 1. The zero-order chi connectivity index (χ0) is 20.7. The lowest BCUT2D eigenvalue weighted by molar-refractivity contribution is -0.132. The molecule has 0 unspecified atom stereocenters. The van der Waals surface area contributed by atoms with Crippen LogP contribution in [0, 0.1) is 26.7 Å². The standard InChI is InChI=1S/C23H30N4O2/c1-14-11-15(2)21-19(12-14)18(16(3)25-21)13-20(28)27-8-5-17(6-9-27)22(29)23-24-7-10-26(23)4/h7,10-12,17,22,25,29H,5-6,8-9,13H2,1-4H3/t22-/m1/s1. The van der Waals surface area contributed by atoms with Crippen LogP contribution in [0.3, 0.4) is 0 Å². The first-order valence-electron chi connectivity index (χ1n) is 10.4. The van der Waals surface area contributed by atoms with Crippen molar-refractivity contribution >= 4 is 16.8 Å². The summed E-state index contributed by atoms with van der Waals surface area (Å²) in [6.45, 7) is 7.62. The summed E-state index contributed by atoms with van der Waals surface area (Å²) in [6.07, 6.45) is 5.00. The van der Waals surface area contributed by atoms with E-state index in [4.69, 9.17) is 0 Å². The molecule has 0 bridgehead atoms. The van der Waals surface area contributed by atoms with Crippen molar-refractivity contribution in [1.29, 1.82) is 0 Å². The SMILES string of the molecule is Cc1cc(C)c2[nH]c(C)c(CC(=O)N3CCC([C@@H](O)c4nccn4C)CC3)c2c1.